The average molecular weight is 287 g/mol. The van der Waals surface area contributed by atoms with E-state index in [0.717, 1.165) is 17.1 Å². The van der Waals surface area contributed by atoms with Gasteiger partial charge in [-0.05, 0) is 11.5 Å². The van der Waals surface area contributed by atoms with E-state index in [-0.39, 0.29) is 10.2 Å². The van der Waals surface area contributed by atoms with Crippen molar-refractivity contribution in [2.24, 2.45) is 5.41 Å². The fraction of sp³-hybridized carbons (Fsp3) is 0.538. The molecule has 0 amide bonds. The molecule has 3 heteroatoms. The molecule has 1 atom stereocenters. The first-order valence-corrected chi connectivity index (χ1v) is 6.17. The summed E-state index contributed by atoms with van der Waals surface area (Å²) in [5.74, 6) is 1.67. The summed E-state index contributed by atoms with van der Waals surface area (Å²) in [6.07, 6.45) is 0. The number of halogens is 1. The fourth-order valence-electron chi connectivity index (χ4n) is 1.49. The van der Waals surface area contributed by atoms with Crippen molar-refractivity contribution in [2.75, 3.05) is 14.2 Å². The Kier molecular flexibility index (Phi) is 4.25. The maximum Gasteiger partial charge on any atom is 0.126 e. The van der Waals surface area contributed by atoms with E-state index in [0.29, 0.717) is 0 Å². The topological polar surface area (TPSA) is 18.5 Å². The summed E-state index contributed by atoms with van der Waals surface area (Å²) in [6, 6.07) is 5.91. The molecule has 0 radical (unpaired) electrons. The van der Waals surface area contributed by atoms with Gasteiger partial charge in [0.05, 0.1) is 14.2 Å². The first-order chi connectivity index (χ1) is 7.40. The summed E-state index contributed by atoms with van der Waals surface area (Å²) < 4.78 is 10.6. The molecule has 0 N–H and O–H groups in total. The smallest absolute Gasteiger partial charge is 0.126 e. The highest BCUT2D eigenvalue weighted by atomic mass is 79.9. The normalized spacial score (nSPS) is 13.4. The van der Waals surface area contributed by atoms with Gasteiger partial charge in [0.25, 0.3) is 0 Å². The minimum atomic E-state index is 0.141. The quantitative estimate of drug-likeness (QED) is 0.776. The molecule has 0 heterocycles. The van der Waals surface area contributed by atoms with Crippen LogP contribution in [-0.4, -0.2) is 14.2 Å². The third kappa shape index (κ3) is 2.91. The van der Waals surface area contributed by atoms with Gasteiger partial charge in [0.15, 0.2) is 0 Å². The molecule has 0 spiro atoms. The van der Waals surface area contributed by atoms with Crippen LogP contribution in [0, 0.1) is 5.41 Å². The second kappa shape index (κ2) is 5.09. The molecular weight excluding hydrogens is 268 g/mol. The number of benzene rings is 1. The second-order valence-corrected chi connectivity index (χ2v) is 5.75. The van der Waals surface area contributed by atoms with Gasteiger partial charge >= 0.3 is 0 Å². The molecule has 0 fully saturated rings. The van der Waals surface area contributed by atoms with Gasteiger partial charge < -0.3 is 9.47 Å². The van der Waals surface area contributed by atoms with E-state index in [4.69, 9.17) is 9.47 Å². The average Bonchev–Trinajstić information content (AvgIpc) is 2.26. The summed E-state index contributed by atoms with van der Waals surface area (Å²) in [5, 5.41) is 0. The van der Waals surface area contributed by atoms with Crippen LogP contribution >= 0.6 is 15.9 Å². The van der Waals surface area contributed by atoms with Crippen LogP contribution in [0.2, 0.25) is 0 Å². The highest BCUT2D eigenvalue weighted by molar-refractivity contribution is 9.09. The minimum absolute atomic E-state index is 0.141. The van der Waals surface area contributed by atoms with E-state index in [9.17, 15) is 0 Å². The zero-order valence-electron chi connectivity index (χ0n) is 10.5. The standard InChI is InChI=1S/C13H19BrO2/c1-13(2,3)12(14)10-7-6-9(15-4)8-11(10)16-5/h6-8,12H,1-5H3. The Hall–Kier alpha value is -0.700. The monoisotopic (exact) mass is 286 g/mol. The molecule has 2 nitrogen and oxygen atoms in total. The third-order valence-electron chi connectivity index (χ3n) is 2.47. The summed E-state index contributed by atoms with van der Waals surface area (Å²) in [5.41, 5.74) is 1.29. The fourth-order valence-corrected chi connectivity index (χ4v) is 1.87. The van der Waals surface area contributed by atoms with Crippen molar-refractivity contribution in [1.29, 1.82) is 0 Å². The lowest BCUT2D eigenvalue weighted by Gasteiger charge is -2.27. The zero-order chi connectivity index (χ0) is 12.3. The molecule has 1 rings (SSSR count). The van der Waals surface area contributed by atoms with Crippen molar-refractivity contribution in [2.45, 2.75) is 25.6 Å². The lowest BCUT2D eigenvalue weighted by molar-refractivity contribution is 0.369. The van der Waals surface area contributed by atoms with Crippen molar-refractivity contribution < 1.29 is 9.47 Å². The Balaban J connectivity index is 3.14. The largest absolute Gasteiger partial charge is 0.497 e. The molecule has 0 aliphatic carbocycles. The van der Waals surface area contributed by atoms with Gasteiger partial charge in [0.1, 0.15) is 11.5 Å². The molecule has 90 valence electrons. The van der Waals surface area contributed by atoms with Crippen LogP contribution in [0.5, 0.6) is 11.5 Å². The van der Waals surface area contributed by atoms with Crippen molar-refractivity contribution in [1.82, 2.24) is 0 Å². The molecule has 1 aromatic rings. The van der Waals surface area contributed by atoms with E-state index >= 15 is 0 Å². The molecule has 0 saturated heterocycles. The minimum Gasteiger partial charge on any atom is -0.497 e. The molecule has 0 bridgehead atoms. The predicted molar refractivity (Wildman–Crippen MR) is 70.7 cm³/mol. The van der Waals surface area contributed by atoms with Crippen molar-refractivity contribution >= 4 is 15.9 Å². The van der Waals surface area contributed by atoms with Gasteiger partial charge in [0.2, 0.25) is 0 Å². The molecule has 1 aromatic carbocycles. The Morgan fingerprint density at radius 2 is 1.75 bits per heavy atom. The van der Waals surface area contributed by atoms with Gasteiger partial charge in [0, 0.05) is 16.5 Å². The molecule has 0 aliphatic rings. The van der Waals surface area contributed by atoms with Crippen LogP contribution in [0.25, 0.3) is 0 Å². The van der Waals surface area contributed by atoms with Crippen LogP contribution in [0.3, 0.4) is 0 Å². The van der Waals surface area contributed by atoms with Gasteiger partial charge in [-0.2, -0.15) is 0 Å². The van der Waals surface area contributed by atoms with Gasteiger partial charge in [-0.15, -0.1) is 0 Å². The summed E-state index contributed by atoms with van der Waals surface area (Å²) in [4.78, 5) is 0.251. The number of hydrogen-bond donors (Lipinski definition) is 0. The molecule has 16 heavy (non-hydrogen) atoms. The van der Waals surface area contributed by atoms with Gasteiger partial charge in [-0.25, -0.2) is 0 Å². The number of rotatable bonds is 3. The molecule has 0 saturated carbocycles. The summed E-state index contributed by atoms with van der Waals surface area (Å²) in [7, 11) is 3.34. The van der Waals surface area contributed by atoms with Crippen LogP contribution in [0.1, 0.15) is 31.2 Å². The Morgan fingerprint density at radius 3 is 2.19 bits per heavy atom. The second-order valence-electron chi connectivity index (χ2n) is 4.84. The Bertz CT molecular complexity index is 355. The first kappa shape index (κ1) is 13.4. The summed E-state index contributed by atoms with van der Waals surface area (Å²) in [6.45, 7) is 6.57. The number of ether oxygens (including phenoxy) is 2. The number of methoxy groups -OCH3 is 2. The van der Waals surface area contributed by atoms with Gasteiger partial charge in [-0.1, -0.05) is 42.8 Å². The predicted octanol–water partition coefficient (Wildman–Crippen LogP) is 4.19. The van der Waals surface area contributed by atoms with Crippen molar-refractivity contribution in [3.63, 3.8) is 0 Å². The van der Waals surface area contributed by atoms with E-state index in [1.54, 1.807) is 14.2 Å². The molecule has 0 aliphatic heterocycles. The lowest BCUT2D eigenvalue weighted by Crippen LogP contribution is -2.13. The van der Waals surface area contributed by atoms with E-state index in [1.165, 1.54) is 0 Å². The third-order valence-corrected chi connectivity index (χ3v) is 4.34. The SMILES string of the molecule is COc1ccc(C(Br)C(C)(C)C)c(OC)c1. The highest BCUT2D eigenvalue weighted by Gasteiger charge is 2.26. The molecular formula is C13H19BrO2. The van der Waals surface area contributed by atoms with Crippen molar-refractivity contribution in [3.05, 3.63) is 23.8 Å². The number of hydrogen-bond acceptors (Lipinski definition) is 2. The number of alkyl halides is 1. The van der Waals surface area contributed by atoms with E-state index < -0.39 is 0 Å². The highest BCUT2D eigenvalue weighted by Crippen LogP contribution is 2.44. The Morgan fingerprint density at radius 1 is 1.12 bits per heavy atom. The zero-order valence-corrected chi connectivity index (χ0v) is 12.1. The van der Waals surface area contributed by atoms with Crippen LogP contribution < -0.4 is 9.47 Å². The maximum atomic E-state index is 5.39. The van der Waals surface area contributed by atoms with Gasteiger partial charge in [-0.3, -0.25) is 0 Å². The first-order valence-electron chi connectivity index (χ1n) is 5.26. The van der Waals surface area contributed by atoms with Crippen molar-refractivity contribution in [3.8, 4) is 11.5 Å². The summed E-state index contributed by atoms with van der Waals surface area (Å²) >= 11 is 3.72. The lowest BCUT2D eigenvalue weighted by atomic mass is 9.87. The van der Waals surface area contributed by atoms with E-state index in [1.807, 2.05) is 18.2 Å². The van der Waals surface area contributed by atoms with Crippen LogP contribution in [0.15, 0.2) is 18.2 Å². The van der Waals surface area contributed by atoms with Crippen LogP contribution in [0.4, 0.5) is 0 Å². The van der Waals surface area contributed by atoms with E-state index in [2.05, 4.69) is 36.7 Å². The Labute approximate surface area is 106 Å². The maximum absolute atomic E-state index is 5.39. The molecule has 0 aromatic heterocycles. The molecule has 1 unspecified atom stereocenters. The van der Waals surface area contributed by atoms with Crippen LogP contribution in [-0.2, 0) is 0 Å².